The van der Waals surface area contributed by atoms with Crippen LogP contribution in [0.3, 0.4) is 0 Å². The van der Waals surface area contributed by atoms with Crippen molar-refractivity contribution in [3.8, 4) is 0 Å². The third-order valence-electron chi connectivity index (χ3n) is 4.25. The molecule has 2 amide bonds. The van der Waals surface area contributed by atoms with Crippen molar-refractivity contribution in [1.82, 2.24) is 9.62 Å². The van der Waals surface area contributed by atoms with Crippen molar-refractivity contribution < 1.29 is 27.9 Å². The van der Waals surface area contributed by atoms with Crippen molar-refractivity contribution >= 4 is 27.8 Å². The minimum absolute atomic E-state index is 0.00161. The van der Waals surface area contributed by atoms with Gasteiger partial charge in [0, 0.05) is 11.6 Å². The van der Waals surface area contributed by atoms with E-state index in [9.17, 15) is 27.9 Å². The van der Waals surface area contributed by atoms with Crippen molar-refractivity contribution in [2.45, 2.75) is 50.6 Å². The average Bonchev–Trinajstić information content (AvgIpc) is 2.72. The molecule has 0 fully saturated rings. The molecule has 1 aromatic rings. The van der Waals surface area contributed by atoms with Gasteiger partial charge in [0.15, 0.2) is 0 Å². The van der Waals surface area contributed by atoms with Gasteiger partial charge in [-0.05, 0) is 45.4 Å². The lowest BCUT2D eigenvalue weighted by Gasteiger charge is -2.24. The first kappa shape index (κ1) is 18.9. The molecule has 0 aliphatic carbocycles. The fourth-order valence-corrected chi connectivity index (χ4v) is 4.31. The number of carboxylic acids is 1. The second-order valence-electron chi connectivity index (χ2n) is 6.36. The number of carboxylic acid groups (broad SMARTS) is 1. The molecular weight excluding hydrogens is 348 g/mol. The molecule has 9 heteroatoms. The minimum atomic E-state index is -4.03. The van der Waals surface area contributed by atoms with E-state index in [4.69, 9.17) is 0 Å². The first-order valence-electron chi connectivity index (χ1n) is 7.74. The summed E-state index contributed by atoms with van der Waals surface area (Å²) >= 11 is 0. The zero-order chi connectivity index (χ0) is 19.2. The van der Waals surface area contributed by atoms with Crippen LogP contribution in [-0.2, 0) is 14.8 Å². The summed E-state index contributed by atoms with van der Waals surface area (Å²) in [5.74, 6) is -2.56. The van der Waals surface area contributed by atoms with Crippen LogP contribution < -0.4 is 5.32 Å². The maximum absolute atomic E-state index is 12.5. The lowest BCUT2D eigenvalue weighted by Crippen LogP contribution is -2.51. The second-order valence-corrected chi connectivity index (χ2v) is 8.14. The van der Waals surface area contributed by atoms with Gasteiger partial charge in [-0.15, -0.1) is 0 Å². The van der Waals surface area contributed by atoms with E-state index in [2.05, 4.69) is 5.32 Å². The third-order valence-corrected chi connectivity index (χ3v) is 6.25. The van der Waals surface area contributed by atoms with Gasteiger partial charge >= 0.3 is 5.97 Å². The molecule has 0 spiro atoms. The van der Waals surface area contributed by atoms with Gasteiger partial charge in [0.1, 0.15) is 10.4 Å². The quantitative estimate of drug-likeness (QED) is 0.806. The molecule has 8 nitrogen and oxygen atoms in total. The van der Waals surface area contributed by atoms with Gasteiger partial charge in [0.2, 0.25) is 0 Å². The van der Waals surface area contributed by atoms with Crippen LogP contribution >= 0.6 is 0 Å². The van der Waals surface area contributed by atoms with Crippen molar-refractivity contribution in [3.63, 3.8) is 0 Å². The Morgan fingerprint density at radius 3 is 2.40 bits per heavy atom. The van der Waals surface area contributed by atoms with Crippen molar-refractivity contribution in [2.75, 3.05) is 0 Å². The lowest BCUT2D eigenvalue weighted by atomic mass is 9.98. The van der Waals surface area contributed by atoms with Gasteiger partial charge in [0.05, 0.1) is 5.56 Å². The number of aliphatic carboxylic acids is 1. The molecule has 2 rings (SSSR count). The molecule has 0 saturated carbocycles. The lowest BCUT2D eigenvalue weighted by molar-refractivity contribution is -0.143. The summed E-state index contributed by atoms with van der Waals surface area (Å²) in [4.78, 5) is 35.7. The summed E-state index contributed by atoms with van der Waals surface area (Å²) < 4.78 is 25.9. The summed E-state index contributed by atoms with van der Waals surface area (Å²) in [6.45, 7) is 6.13. The Morgan fingerprint density at radius 1 is 1.32 bits per heavy atom. The van der Waals surface area contributed by atoms with Crippen LogP contribution in [-0.4, -0.2) is 47.2 Å². The number of carbonyl (C=O) groups is 3. The van der Waals surface area contributed by atoms with E-state index in [1.807, 2.05) is 0 Å². The third kappa shape index (κ3) is 2.99. The Morgan fingerprint density at radius 2 is 1.92 bits per heavy atom. The number of benzene rings is 1. The molecule has 0 saturated heterocycles. The maximum Gasteiger partial charge on any atom is 0.329 e. The number of fused-ring (bicyclic) bond motifs is 1. The number of hydrogen-bond donors (Lipinski definition) is 2. The highest BCUT2D eigenvalue weighted by Gasteiger charge is 2.43. The van der Waals surface area contributed by atoms with Gasteiger partial charge in [-0.1, -0.05) is 6.92 Å². The van der Waals surface area contributed by atoms with Crippen molar-refractivity contribution in [1.29, 1.82) is 0 Å². The van der Waals surface area contributed by atoms with Crippen LogP contribution in [0.1, 0.15) is 54.8 Å². The summed E-state index contributed by atoms with van der Waals surface area (Å²) in [5.41, 5.74) is -1.50. The van der Waals surface area contributed by atoms with Crippen LogP contribution in [0.25, 0.3) is 0 Å². The molecular formula is C16H20N2O6S. The molecule has 2 N–H and O–H groups in total. The minimum Gasteiger partial charge on any atom is -0.480 e. The normalized spacial score (nSPS) is 18.0. The van der Waals surface area contributed by atoms with E-state index >= 15 is 0 Å². The van der Waals surface area contributed by atoms with Gasteiger partial charge in [-0.2, -0.15) is 0 Å². The monoisotopic (exact) mass is 368 g/mol. The topological polar surface area (TPSA) is 121 Å². The molecule has 0 radical (unpaired) electrons. The highest BCUT2D eigenvalue weighted by molar-refractivity contribution is 7.90. The van der Waals surface area contributed by atoms with E-state index in [0.717, 1.165) is 10.4 Å². The standard InChI is InChI=1S/C16H20N2O6S/c1-5-16(4,15(21)22)17-13(19)10-6-7-11-12(8-10)25(23,24)18(9(2)3)14(11)20/h6-9H,5H2,1-4H3,(H,17,19)(H,21,22). The molecule has 25 heavy (non-hydrogen) atoms. The molecule has 1 atom stereocenters. The predicted molar refractivity (Wildman–Crippen MR) is 88.7 cm³/mol. The Balaban J connectivity index is 2.44. The summed E-state index contributed by atoms with van der Waals surface area (Å²) in [5, 5.41) is 11.6. The smallest absolute Gasteiger partial charge is 0.329 e. The van der Waals surface area contributed by atoms with Crippen LogP contribution in [0.2, 0.25) is 0 Å². The average molecular weight is 368 g/mol. The van der Waals surface area contributed by atoms with E-state index in [0.29, 0.717) is 0 Å². The molecule has 0 aromatic heterocycles. The van der Waals surface area contributed by atoms with Gasteiger partial charge < -0.3 is 10.4 Å². The number of nitrogens with one attached hydrogen (secondary N) is 1. The molecule has 1 aromatic carbocycles. The van der Waals surface area contributed by atoms with Gasteiger partial charge in [-0.25, -0.2) is 17.5 Å². The SMILES string of the molecule is CCC(C)(NC(=O)c1ccc2c(c1)S(=O)(=O)N(C(C)C)C2=O)C(=O)O. The molecule has 1 unspecified atom stereocenters. The van der Waals surface area contributed by atoms with Crippen LogP contribution in [0.5, 0.6) is 0 Å². The molecule has 1 heterocycles. The number of rotatable bonds is 5. The van der Waals surface area contributed by atoms with E-state index in [1.54, 1.807) is 20.8 Å². The fourth-order valence-electron chi connectivity index (χ4n) is 2.52. The number of carbonyl (C=O) groups excluding carboxylic acids is 2. The summed E-state index contributed by atoms with van der Waals surface area (Å²) in [6, 6.07) is 3.13. The number of hydrogen-bond acceptors (Lipinski definition) is 5. The Labute approximate surface area is 145 Å². The number of nitrogens with zero attached hydrogens (tertiary/aromatic N) is 1. The molecule has 1 aliphatic heterocycles. The molecule has 0 bridgehead atoms. The van der Waals surface area contributed by atoms with Gasteiger partial charge in [-0.3, -0.25) is 9.59 Å². The Bertz CT molecular complexity index is 861. The number of amides is 2. The predicted octanol–water partition coefficient (Wildman–Crippen LogP) is 1.22. The van der Waals surface area contributed by atoms with Crippen molar-refractivity contribution in [3.05, 3.63) is 29.3 Å². The van der Waals surface area contributed by atoms with E-state index in [-0.39, 0.29) is 22.4 Å². The van der Waals surface area contributed by atoms with Crippen LogP contribution in [0.4, 0.5) is 0 Å². The van der Waals surface area contributed by atoms with Crippen LogP contribution in [0.15, 0.2) is 23.1 Å². The molecule has 136 valence electrons. The summed E-state index contributed by atoms with van der Waals surface area (Å²) in [7, 11) is -4.03. The Kier molecular flexibility index (Phi) is 4.65. The first-order chi connectivity index (χ1) is 11.5. The highest BCUT2D eigenvalue weighted by atomic mass is 32.2. The highest BCUT2D eigenvalue weighted by Crippen LogP contribution is 2.32. The largest absolute Gasteiger partial charge is 0.480 e. The zero-order valence-electron chi connectivity index (χ0n) is 14.4. The first-order valence-corrected chi connectivity index (χ1v) is 9.18. The summed E-state index contributed by atoms with van der Waals surface area (Å²) in [6.07, 6.45) is 0.150. The number of sulfonamides is 1. The molecule has 1 aliphatic rings. The zero-order valence-corrected chi connectivity index (χ0v) is 15.2. The van der Waals surface area contributed by atoms with Crippen molar-refractivity contribution in [2.24, 2.45) is 0 Å². The maximum atomic E-state index is 12.5. The van der Waals surface area contributed by atoms with Gasteiger partial charge in [0.25, 0.3) is 21.8 Å². The fraction of sp³-hybridized carbons (Fsp3) is 0.438. The Hall–Kier alpha value is -2.42. The van der Waals surface area contributed by atoms with E-state index in [1.165, 1.54) is 19.1 Å². The second kappa shape index (κ2) is 6.14. The van der Waals surface area contributed by atoms with E-state index < -0.39 is 39.4 Å². The van der Waals surface area contributed by atoms with Crippen LogP contribution in [0, 0.1) is 0 Å².